The maximum absolute atomic E-state index is 12.5. The van der Waals surface area contributed by atoms with Crippen molar-refractivity contribution in [3.05, 3.63) is 41.7 Å². The van der Waals surface area contributed by atoms with Crippen LogP contribution in [0.3, 0.4) is 0 Å². The van der Waals surface area contributed by atoms with E-state index >= 15 is 0 Å². The van der Waals surface area contributed by atoms with Crippen LogP contribution in [0.4, 0.5) is 11.4 Å². The minimum atomic E-state index is -3.36. The highest BCUT2D eigenvalue weighted by atomic mass is 32.2. The Bertz CT molecular complexity index is 883. The Balaban J connectivity index is 1.74. The van der Waals surface area contributed by atoms with Crippen LogP contribution in [0.2, 0.25) is 0 Å². The molecule has 1 aliphatic carbocycles. The molecular formula is C17H22N4O3S. The summed E-state index contributed by atoms with van der Waals surface area (Å²) in [4.78, 5) is 12.5. The van der Waals surface area contributed by atoms with E-state index in [-0.39, 0.29) is 5.91 Å². The van der Waals surface area contributed by atoms with Crippen molar-refractivity contribution in [2.24, 2.45) is 7.05 Å². The highest BCUT2D eigenvalue weighted by Crippen LogP contribution is 2.34. The summed E-state index contributed by atoms with van der Waals surface area (Å²) < 4.78 is 26.8. The van der Waals surface area contributed by atoms with Crippen molar-refractivity contribution in [2.45, 2.75) is 31.6 Å². The molecule has 2 aromatic rings. The molecule has 0 spiro atoms. The van der Waals surface area contributed by atoms with Gasteiger partial charge in [0.05, 0.1) is 11.9 Å². The molecule has 1 fully saturated rings. The number of aromatic nitrogens is 2. The second-order valence-corrected chi connectivity index (χ2v) is 8.22. The molecular weight excluding hydrogens is 340 g/mol. The fourth-order valence-corrected chi connectivity index (χ4v) is 3.82. The van der Waals surface area contributed by atoms with E-state index in [1.807, 2.05) is 13.1 Å². The predicted molar refractivity (Wildman–Crippen MR) is 97.3 cm³/mol. The van der Waals surface area contributed by atoms with Crippen molar-refractivity contribution >= 4 is 27.3 Å². The molecule has 1 heterocycles. The molecule has 0 atom stereocenters. The van der Waals surface area contributed by atoms with Gasteiger partial charge in [0.2, 0.25) is 10.0 Å². The van der Waals surface area contributed by atoms with Crippen molar-refractivity contribution in [3.8, 4) is 0 Å². The molecule has 0 bridgehead atoms. The second-order valence-electron chi connectivity index (χ2n) is 6.47. The third kappa shape index (κ3) is 4.39. The predicted octanol–water partition coefficient (Wildman–Crippen LogP) is 2.70. The van der Waals surface area contributed by atoms with Crippen LogP contribution in [0, 0.1) is 0 Å². The molecule has 3 rings (SSSR count). The van der Waals surface area contributed by atoms with Gasteiger partial charge in [-0.25, -0.2) is 8.42 Å². The molecule has 0 radical (unpaired) electrons. The second kappa shape index (κ2) is 6.87. The minimum Gasteiger partial charge on any atom is -0.321 e. The number of nitrogens with one attached hydrogen (secondary N) is 2. The summed E-state index contributed by atoms with van der Waals surface area (Å²) in [5.41, 5.74) is 2.36. The van der Waals surface area contributed by atoms with Crippen LogP contribution < -0.4 is 10.0 Å². The molecule has 0 aliphatic heterocycles. The fourth-order valence-electron chi connectivity index (χ4n) is 3.27. The zero-order valence-corrected chi connectivity index (χ0v) is 15.1. The molecule has 1 aromatic heterocycles. The first-order chi connectivity index (χ1) is 11.8. The fraction of sp³-hybridized carbons (Fsp3) is 0.412. The molecule has 134 valence electrons. The number of hydrogen-bond acceptors (Lipinski definition) is 4. The zero-order valence-electron chi connectivity index (χ0n) is 14.3. The number of sulfonamides is 1. The van der Waals surface area contributed by atoms with Gasteiger partial charge >= 0.3 is 0 Å². The van der Waals surface area contributed by atoms with Crippen molar-refractivity contribution in [3.63, 3.8) is 0 Å². The van der Waals surface area contributed by atoms with Crippen LogP contribution in [0.15, 0.2) is 30.3 Å². The van der Waals surface area contributed by atoms with E-state index in [2.05, 4.69) is 15.1 Å². The topological polar surface area (TPSA) is 93.1 Å². The maximum Gasteiger partial charge on any atom is 0.276 e. The van der Waals surface area contributed by atoms with E-state index in [0.717, 1.165) is 24.8 Å². The number of rotatable bonds is 5. The summed E-state index contributed by atoms with van der Waals surface area (Å²) >= 11 is 0. The highest BCUT2D eigenvalue weighted by molar-refractivity contribution is 7.92. The normalized spacial score (nSPS) is 15.3. The van der Waals surface area contributed by atoms with Gasteiger partial charge in [0.1, 0.15) is 0 Å². The summed E-state index contributed by atoms with van der Waals surface area (Å²) in [6, 6.07) is 8.41. The molecule has 0 unspecified atom stereocenters. The van der Waals surface area contributed by atoms with Crippen LogP contribution >= 0.6 is 0 Å². The van der Waals surface area contributed by atoms with Gasteiger partial charge in [0.25, 0.3) is 5.91 Å². The quantitative estimate of drug-likeness (QED) is 0.855. The van der Waals surface area contributed by atoms with Crippen LogP contribution in [-0.4, -0.2) is 30.4 Å². The monoisotopic (exact) mass is 362 g/mol. The van der Waals surface area contributed by atoms with Crippen molar-refractivity contribution in [2.75, 3.05) is 16.3 Å². The number of amides is 1. The zero-order chi connectivity index (χ0) is 18.0. The Hall–Kier alpha value is -2.35. The number of hydrogen-bond donors (Lipinski definition) is 2. The van der Waals surface area contributed by atoms with E-state index in [1.165, 1.54) is 12.8 Å². The van der Waals surface area contributed by atoms with E-state index in [4.69, 9.17) is 0 Å². The van der Waals surface area contributed by atoms with Gasteiger partial charge in [-0.15, -0.1) is 0 Å². The molecule has 0 saturated heterocycles. The van der Waals surface area contributed by atoms with Crippen molar-refractivity contribution < 1.29 is 13.2 Å². The van der Waals surface area contributed by atoms with Crippen LogP contribution in [-0.2, 0) is 17.1 Å². The number of benzene rings is 1. The minimum absolute atomic E-state index is 0.309. The van der Waals surface area contributed by atoms with Crippen LogP contribution in [0.25, 0.3) is 0 Å². The lowest BCUT2D eigenvalue weighted by molar-refractivity contribution is 0.102. The van der Waals surface area contributed by atoms with Crippen LogP contribution in [0.5, 0.6) is 0 Å². The lowest BCUT2D eigenvalue weighted by atomic mass is 10.0. The summed E-state index contributed by atoms with van der Waals surface area (Å²) in [6.07, 6.45) is 5.80. The number of carbonyl (C=O) groups is 1. The van der Waals surface area contributed by atoms with Gasteiger partial charge in [-0.05, 0) is 37.1 Å². The van der Waals surface area contributed by atoms with Gasteiger partial charge in [0, 0.05) is 24.3 Å². The van der Waals surface area contributed by atoms with Crippen molar-refractivity contribution in [1.82, 2.24) is 9.78 Å². The number of anilines is 2. The first-order valence-electron chi connectivity index (χ1n) is 8.25. The smallest absolute Gasteiger partial charge is 0.276 e. The van der Waals surface area contributed by atoms with E-state index in [9.17, 15) is 13.2 Å². The number of carbonyl (C=O) groups excluding carboxylic acids is 1. The Kier molecular flexibility index (Phi) is 4.80. The van der Waals surface area contributed by atoms with Gasteiger partial charge in [-0.1, -0.05) is 18.9 Å². The Morgan fingerprint density at radius 2 is 1.88 bits per heavy atom. The van der Waals surface area contributed by atoms with Crippen LogP contribution in [0.1, 0.15) is 47.8 Å². The first-order valence-corrected chi connectivity index (χ1v) is 10.1. The molecule has 2 N–H and O–H groups in total. The van der Waals surface area contributed by atoms with E-state index < -0.39 is 10.0 Å². The maximum atomic E-state index is 12.5. The molecule has 1 aliphatic rings. The van der Waals surface area contributed by atoms with Gasteiger partial charge in [-0.2, -0.15) is 5.10 Å². The average molecular weight is 362 g/mol. The molecule has 25 heavy (non-hydrogen) atoms. The highest BCUT2D eigenvalue weighted by Gasteiger charge is 2.22. The Morgan fingerprint density at radius 1 is 1.20 bits per heavy atom. The third-order valence-corrected chi connectivity index (χ3v) is 4.95. The number of nitrogens with zero attached hydrogens (tertiary/aromatic N) is 2. The Morgan fingerprint density at radius 3 is 2.56 bits per heavy atom. The summed E-state index contributed by atoms with van der Waals surface area (Å²) in [7, 11) is -1.50. The molecule has 1 aromatic carbocycles. The number of aryl methyl sites for hydroxylation is 1. The van der Waals surface area contributed by atoms with Crippen molar-refractivity contribution in [1.29, 1.82) is 0 Å². The molecule has 7 nitrogen and oxygen atoms in total. The average Bonchev–Trinajstić information content (AvgIpc) is 3.14. The third-order valence-electron chi connectivity index (χ3n) is 4.35. The first kappa shape index (κ1) is 17.5. The molecule has 1 saturated carbocycles. The lowest BCUT2D eigenvalue weighted by Crippen LogP contribution is -2.14. The Labute approximate surface area is 147 Å². The van der Waals surface area contributed by atoms with E-state index in [1.54, 1.807) is 28.9 Å². The molecule has 8 heteroatoms. The summed E-state index contributed by atoms with van der Waals surface area (Å²) in [6.45, 7) is 0. The lowest BCUT2D eigenvalue weighted by Gasteiger charge is -2.08. The SMILES string of the molecule is Cn1nc(C(=O)Nc2cccc(NS(C)(=O)=O)c2)cc1C1CCCC1. The summed E-state index contributed by atoms with van der Waals surface area (Å²) in [5.74, 6) is 0.165. The standard InChI is InChI=1S/C17H22N4O3S/c1-21-16(12-6-3-4-7-12)11-15(19-21)17(22)18-13-8-5-9-14(10-13)20-25(2,23)24/h5,8-12,20H,3-4,6-7H2,1-2H3,(H,18,22). The summed E-state index contributed by atoms with van der Waals surface area (Å²) in [5, 5.41) is 7.09. The van der Waals surface area contributed by atoms with Gasteiger partial charge in [0.15, 0.2) is 5.69 Å². The molecule has 1 amide bonds. The van der Waals surface area contributed by atoms with Gasteiger partial charge in [-0.3, -0.25) is 14.2 Å². The van der Waals surface area contributed by atoms with E-state index in [0.29, 0.717) is 23.0 Å². The van der Waals surface area contributed by atoms with Gasteiger partial charge < -0.3 is 5.32 Å². The largest absolute Gasteiger partial charge is 0.321 e.